The molecule has 4 heteroatoms. The average molecular weight is 231 g/mol. The zero-order chi connectivity index (χ0) is 12.4. The van der Waals surface area contributed by atoms with Crippen molar-refractivity contribution in [2.75, 3.05) is 20.6 Å². The molecule has 2 rings (SSSR count). The first-order valence-electron chi connectivity index (χ1n) is 5.69. The number of aryl methyl sites for hydroxylation is 1. The van der Waals surface area contributed by atoms with E-state index in [9.17, 15) is 4.79 Å². The third kappa shape index (κ3) is 2.36. The van der Waals surface area contributed by atoms with Crippen molar-refractivity contribution in [1.29, 1.82) is 0 Å². The number of pyridine rings is 2. The summed E-state index contributed by atoms with van der Waals surface area (Å²) >= 11 is 0. The summed E-state index contributed by atoms with van der Waals surface area (Å²) in [6.45, 7) is 3.53. The largest absolute Gasteiger partial charge is 0.308 e. The summed E-state index contributed by atoms with van der Waals surface area (Å²) in [5.74, 6) is 0. The van der Waals surface area contributed by atoms with E-state index in [2.05, 4.69) is 9.88 Å². The van der Waals surface area contributed by atoms with Gasteiger partial charge in [0.2, 0.25) is 0 Å². The monoisotopic (exact) mass is 231 g/mol. The van der Waals surface area contributed by atoms with Crippen molar-refractivity contribution in [2.24, 2.45) is 0 Å². The van der Waals surface area contributed by atoms with Crippen molar-refractivity contribution >= 4 is 11.0 Å². The van der Waals surface area contributed by atoms with Crippen molar-refractivity contribution in [3.63, 3.8) is 0 Å². The predicted molar refractivity (Wildman–Crippen MR) is 69.3 cm³/mol. The smallest absolute Gasteiger partial charge is 0.252 e. The fraction of sp³-hybridized carbons (Fsp3) is 0.385. The molecule has 2 aromatic heterocycles. The van der Waals surface area contributed by atoms with E-state index < -0.39 is 0 Å². The third-order valence-electron chi connectivity index (χ3n) is 2.87. The lowest BCUT2D eigenvalue weighted by molar-refractivity contribution is 0.383. The fourth-order valence-electron chi connectivity index (χ4n) is 1.84. The molecule has 0 aliphatic heterocycles. The van der Waals surface area contributed by atoms with Crippen molar-refractivity contribution < 1.29 is 0 Å². The predicted octanol–water partition coefficient (Wildman–Crippen LogP) is 1.27. The van der Waals surface area contributed by atoms with Crippen LogP contribution in [0, 0.1) is 6.92 Å². The first-order chi connectivity index (χ1) is 8.09. The van der Waals surface area contributed by atoms with Crippen LogP contribution in [0.4, 0.5) is 0 Å². The normalized spacial score (nSPS) is 11.3. The maximum Gasteiger partial charge on any atom is 0.252 e. The molecule has 0 saturated carbocycles. The Morgan fingerprint density at radius 2 is 2.06 bits per heavy atom. The fourth-order valence-corrected chi connectivity index (χ4v) is 1.84. The summed E-state index contributed by atoms with van der Waals surface area (Å²) < 4.78 is 1.74. The molecule has 0 aromatic carbocycles. The van der Waals surface area contributed by atoms with Gasteiger partial charge < -0.3 is 4.90 Å². The highest BCUT2D eigenvalue weighted by molar-refractivity contribution is 5.78. The molecule has 0 radical (unpaired) electrons. The molecule has 0 unspecified atom stereocenters. The second-order valence-corrected chi connectivity index (χ2v) is 4.49. The number of rotatable bonds is 3. The first kappa shape index (κ1) is 11.8. The highest BCUT2D eigenvalue weighted by Crippen LogP contribution is 2.13. The van der Waals surface area contributed by atoms with Crippen LogP contribution in [0.25, 0.3) is 11.0 Å². The zero-order valence-electron chi connectivity index (χ0n) is 10.5. The molecular formula is C13H17N3O. The van der Waals surface area contributed by atoms with Gasteiger partial charge in [0, 0.05) is 30.7 Å². The summed E-state index contributed by atoms with van der Waals surface area (Å²) in [7, 11) is 3.99. The molecular weight excluding hydrogens is 214 g/mol. The molecule has 0 bridgehead atoms. The van der Waals surface area contributed by atoms with E-state index in [0.29, 0.717) is 6.54 Å². The minimum absolute atomic E-state index is 0.0115. The van der Waals surface area contributed by atoms with Crippen LogP contribution >= 0.6 is 0 Å². The van der Waals surface area contributed by atoms with Gasteiger partial charge in [-0.1, -0.05) is 0 Å². The Balaban J connectivity index is 2.56. The van der Waals surface area contributed by atoms with E-state index in [1.165, 1.54) is 0 Å². The maximum atomic E-state index is 11.9. The van der Waals surface area contributed by atoms with Crippen LogP contribution in [0.2, 0.25) is 0 Å². The SMILES string of the molecule is Cc1ccnc2c1ccc(=O)n2CCN(C)C. The van der Waals surface area contributed by atoms with Crippen LogP contribution < -0.4 is 5.56 Å². The van der Waals surface area contributed by atoms with Crippen LogP contribution in [0.1, 0.15) is 5.56 Å². The van der Waals surface area contributed by atoms with E-state index in [0.717, 1.165) is 23.1 Å². The Hall–Kier alpha value is -1.68. The minimum Gasteiger partial charge on any atom is -0.308 e. The summed E-state index contributed by atoms with van der Waals surface area (Å²) in [5, 5.41) is 1.05. The topological polar surface area (TPSA) is 38.1 Å². The number of hydrogen-bond acceptors (Lipinski definition) is 3. The molecule has 0 atom stereocenters. The van der Waals surface area contributed by atoms with Gasteiger partial charge >= 0.3 is 0 Å². The van der Waals surface area contributed by atoms with Gasteiger partial charge in [-0.15, -0.1) is 0 Å². The number of likely N-dealkylation sites (N-methyl/N-ethyl adjacent to an activating group) is 1. The van der Waals surface area contributed by atoms with Crippen molar-refractivity contribution in [2.45, 2.75) is 13.5 Å². The molecule has 0 spiro atoms. The summed E-state index contributed by atoms with van der Waals surface area (Å²) in [6.07, 6.45) is 1.75. The average Bonchev–Trinajstić information content (AvgIpc) is 2.27. The van der Waals surface area contributed by atoms with E-state index in [1.807, 2.05) is 33.2 Å². The van der Waals surface area contributed by atoms with E-state index in [-0.39, 0.29) is 5.56 Å². The molecule has 0 aliphatic rings. The molecule has 0 saturated heterocycles. The summed E-state index contributed by atoms with van der Waals surface area (Å²) in [6, 6.07) is 5.43. The minimum atomic E-state index is 0.0115. The molecule has 2 heterocycles. The lowest BCUT2D eigenvalue weighted by atomic mass is 10.2. The third-order valence-corrected chi connectivity index (χ3v) is 2.87. The maximum absolute atomic E-state index is 11.9. The highest BCUT2D eigenvalue weighted by atomic mass is 16.1. The molecule has 90 valence electrons. The Morgan fingerprint density at radius 1 is 1.29 bits per heavy atom. The molecule has 0 fully saturated rings. The van der Waals surface area contributed by atoms with Gasteiger partial charge in [0.1, 0.15) is 5.65 Å². The Morgan fingerprint density at radius 3 is 2.76 bits per heavy atom. The van der Waals surface area contributed by atoms with Gasteiger partial charge in [-0.05, 0) is 38.7 Å². The summed E-state index contributed by atoms with van der Waals surface area (Å²) in [5.41, 5.74) is 1.94. The van der Waals surface area contributed by atoms with Gasteiger partial charge in [0.25, 0.3) is 5.56 Å². The van der Waals surface area contributed by atoms with Crippen LogP contribution in [-0.4, -0.2) is 35.1 Å². The quantitative estimate of drug-likeness (QED) is 0.798. The number of nitrogens with zero attached hydrogens (tertiary/aromatic N) is 3. The lowest BCUT2D eigenvalue weighted by Crippen LogP contribution is -2.26. The van der Waals surface area contributed by atoms with E-state index in [4.69, 9.17) is 0 Å². The van der Waals surface area contributed by atoms with Gasteiger partial charge in [-0.2, -0.15) is 0 Å². The number of hydrogen-bond donors (Lipinski definition) is 0. The summed E-state index contributed by atoms with van der Waals surface area (Å²) in [4.78, 5) is 18.2. The Labute approximate surface area is 101 Å². The van der Waals surface area contributed by atoms with Crippen molar-refractivity contribution in [3.05, 3.63) is 40.3 Å². The lowest BCUT2D eigenvalue weighted by Gasteiger charge is -2.13. The molecule has 17 heavy (non-hydrogen) atoms. The van der Waals surface area contributed by atoms with Gasteiger partial charge in [0.15, 0.2) is 0 Å². The number of aromatic nitrogens is 2. The van der Waals surface area contributed by atoms with Crippen LogP contribution in [0.15, 0.2) is 29.2 Å². The Bertz CT molecular complexity index is 587. The van der Waals surface area contributed by atoms with Gasteiger partial charge in [-0.25, -0.2) is 4.98 Å². The van der Waals surface area contributed by atoms with Crippen LogP contribution in [0.3, 0.4) is 0 Å². The zero-order valence-corrected chi connectivity index (χ0v) is 10.5. The van der Waals surface area contributed by atoms with Crippen molar-refractivity contribution in [3.8, 4) is 0 Å². The van der Waals surface area contributed by atoms with Crippen molar-refractivity contribution in [1.82, 2.24) is 14.5 Å². The van der Waals surface area contributed by atoms with Crippen LogP contribution in [-0.2, 0) is 6.54 Å². The van der Waals surface area contributed by atoms with Gasteiger partial charge in [0.05, 0.1) is 0 Å². The Kier molecular flexibility index (Phi) is 3.24. The number of fused-ring (bicyclic) bond motifs is 1. The van der Waals surface area contributed by atoms with Crippen LogP contribution in [0.5, 0.6) is 0 Å². The second-order valence-electron chi connectivity index (χ2n) is 4.49. The molecule has 0 N–H and O–H groups in total. The first-order valence-corrected chi connectivity index (χ1v) is 5.69. The second kappa shape index (κ2) is 4.67. The van der Waals surface area contributed by atoms with E-state index >= 15 is 0 Å². The van der Waals surface area contributed by atoms with E-state index in [1.54, 1.807) is 16.8 Å². The molecule has 0 amide bonds. The van der Waals surface area contributed by atoms with Gasteiger partial charge in [-0.3, -0.25) is 9.36 Å². The standard InChI is InChI=1S/C13H17N3O/c1-10-6-7-14-13-11(10)4-5-12(17)16(13)9-8-15(2)3/h4-7H,8-9H2,1-3H3. The molecule has 0 aliphatic carbocycles. The molecule has 2 aromatic rings. The highest BCUT2D eigenvalue weighted by Gasteiger charge is 2.05. The molecule has 4 nitrogen and oxygen atoms in total.